The van der Waals surface area contributed by atoms with Gasteiger partial charge in [0, 0.05) is 30.4 Å². The van der Waals surface area contributed by atoms with Crippen molar-refractivity contribution in [1.29, 1.82) is 0 Å². The van der Waals surface area contributed by atoms with E-state index in [1.165, 1.54) is 0 Å². The SMILES string of the molecule is Cc1ccccc1C(=O)N(CCCl)CCCl. The maximum absolute atomic E-state index is 12.2. The fourth-order valence-electron chi connectivity index (χ4n) is 1.50. The summed E-state index contributed by atoms with van der Waals surface area (Å²) in [4.78, 5) is 13.8. The molecule has 4 heteroatoms. The third-order valence-corrected chi connectivity index (χ3v) is 2.71. The first-order valence-electron chi connectivity index (χ1n) is 5.17. The second-order valence-electron chi connectivity index (χ2n) is 3.49. The molecule has 88 valence electrons. The Bertz CT molecular complexity index is 349. The number of aryl methyl sites for hydroxylation is 1. The van der Waals surface area contributed by atoms with Gasteiger partial charge in [0.1, 0.15) is 0 Å². The molecule has 0 saturated heterocycles. The second kappa shape index (κ2) is 6.77. The van der Waals surface area contributed by atoms with E-state index in [0.717, 1.165) is 11.1 Å². The van der Waals surface area contributed by atoms with Crippen LogP contribution in [0, 0.1) is 6.92 Å². The van der Waals surface area contributed by atoms with E-state index in [1.807, 2.05) is 31.2 Å². The molecule has 0 bridgehead atoms. The summed E-state index contributed by atoms with van der Waals surface area (Å²) in [7, 11) is 0. The molecule has 0 saturated carbocycles. The van der Waals surface area contributed by atoms with Gasteiger partial charge in [0.2, 0.25) is 0 Å². The third-order valence-electron chi connectivity index (χ3n) is 2.37. The molecule has 1 amide bonds. The van der Waals surface area contributed by atoms with Crippen LogP contribution in [0.15, 0.2) is 24.3 Å². The number of nitrogens with zero attached hydrogens (tertiary/aromatic N) is 1. The number of halogens is 2. The highest BCUT2D eigenvalue weighted by Gasteiger charge is 2.15. The quantitative estimate of drug-likeness (QED) is 0.745. The minimum atomic E-state index is -0.000556. The van der Waals surface area contributed by atoms with E-state index in [4.69, 9.17) is 23.2 Å². The van der Waals surface area contributed by atoms with Crippen molar-refractivity contribution in [3.05, 3.63) is 35.4 Å². The predicted octanol–water partition coefficient (Wildman–Crippen LogP) is 2.91. The Kier molecular flexibility index (Phi) is 5.64. The van der Waals surface area contributed by atoms with E-state index < -0.39 is 0 Å². The molecule has 0 heterocycles. The summed E-state index contributed by atoms with van der Waals surface area (Å²) >= 11 is 11.3. The molecule has 0 radical (unpaired) electrons. The second-order valence-corrected chi connectivity index (χ2v) is 4.24. The molecule has 0 aliphatic heterocycles. The van der Waals surface area contributed by atoms with Gasteiger partial charge in [0.05, 0.1) is 0 Å². The zero-order valence-electron chi connectivity index (χ0n) is 9.25. The van der Waals surface area contributed by atoms with Crippen molar-refractivity contribution in [2.24, 2.45) is 0 Å². The topological polar surface area (TPSA) is 20.3 Å². The molecule has 0 atom stereocenters. The molecule has 16 heavy (non-hydrogen) atoms. The molecular formula is C12H15Cl2NO. The van der Waals surface area contributed by atoms with Crippen LogP contribution in [-0.2, 0) is 0 Å². The van der Waals surface area contributed by atoms with Crippen LogP contribution in [0.2, 0.25) is 0 Å². The average molecular weight is 260 g/mol. The van der Waals surface area contributed by atoms with E-state index in [0.29, 0.717) is 24.8 Å². The van der Waals surface area contributed by atoms with Crippen LogP contribution in [-0.4, -0.2) is 35.7 Å². The van der Waals surface area contributed by atoms with Crippen LogP contribution < -0.4 is 0 Å². The van der Waals surface area contributed by atoms with Crippen molar-refractivity contribution < 1.29 is 4.79 Å². The van der Waals surface area contributed by atoms with Crippen molar-refractivity contribution in [2.75, 3.05) is 24.8 Å². The molecule has 0 fully saturated rings. The van der Waals surface area contributed by atoms with E-state index >= 15 is 0 Å². The normalized spacial score (nSPS) is 10.2. The number of alkyl halides is 2. The maximum Gasteiger partial charge on any atom is 0.254 e. The molecule has 0 aliphatic rings. The molecule has 2 nitrogen and oxygen atoms in total. The van der Waals surface area contributed by atoms with Gasteiger partial charge in [-0.2, -0.15) is 0 Å². The first-order valence-corrected chi connectivity index (χ1v) is 6.24. The van der Waals surface area contributed by atoms with Gasteiger partial charge in [-0.05, 0) is 18.6 Å². The lowest BCUT2D eigenvalue weighted by atomic mass is 10.1. The van der Waals surface area contributed by atoms with Gasteiger partial charge in [-0.25, -0.2) is 0 Å². The molecule has 1 rings (SSSR count). The van der Waals surface area contributed by atoms with Crippen molar-refractivity contribution in [2.45, 2.75) is 6.92 Å². The summed E-state index contributed by atoms with van der Waals surface area (Å²) in [5.74, 6) is 0.850. The Morgan fingerprint density at radius 2 is 1.75 bits per heavy atom. The maximum atomic E-state index is 12.2. The molecule has 0 aliphatic carbocycles. The first-order chi connectivity index (χ1) is 7.70. The highest BCUT2D eigenvalue weighted by atomic mass is 35.5. The Hall–Kier alpha value is -0.730. The fraction of sp³-hybridized carbons (Fsp3) is 0.417. The Morgan fingerprint density at radius 1 is 1.19 bits per heavy atom. The van der Waals surface area contributed by atoms with Gasteiger partial charge in [0.15, 0.2) is 0 Å². The van der Waals surface area contributed by atoms with E-state index in [1.54, 1.807) is 4.90 Å². The highest BCUT2D eigenvalue weighted by molar-refractivity contribution is 6.18. The molecule has 0 N–H and O–H groups in total. The number of amides is 1. The van der Waals surface area contributed by atoms with Gasteiger partial charge >= 0.3 is 0 Å². The van der Waals surface area contributed by atoms with E-state index in [-0.39, 0.29) is 5.91 Å². The highest BCUT2D eigenvalue weighted by Crippen LogP contribution is 2.10. The van der Waals surface area contributed by atoms with Crippen LogP contribution >= 0.6 is 23.2 Å². The van der Waals surface area contributed by atoms with E-state index in [9.17, 15) is 4.79 Å². The largest absolute Gasteiger partial charge is 0.336 e. The summed E-state index contributed by atoms with van der Waals surface area (Å²) < 4.78 is 0. The fourth-order valence-corrected chi connectivity index (χ4v) is 1.91. The smallest absolute Gasteiger partial charge is 0.254 e. The Morgan fingerprint density at radius 3 is 2.25 bits per heavy atom. The summed E-state index contributed by atoms with van der Waals surface area (Å²) in [5, 5.41) is 0. The summed E-state index contributed by atoms with van der Waals surface area (Å²) in [5.41, 5.74) is 1.69. The standard InChI is InChI=1S/C12H15Cl2NO/c1-10-4-2-3-5-11(10)12(16)15(8-6-13)9-7-14/h2-5H,6-9H2,1H3. The van der Waals surface area contributed by atoms with Crippen molar-refractivity contribution in [3.63, 3.8) is 0 Å². The number of carbonyl (C=O) groups excluding carboxylic acids is 1. The lowest BCUT2D eigenvalue weighted by Crippen LogP contribution is -2.34. The van der Waals surface area contributed by atoms with Crippen LogP contribution in [0.25, 0.3) is 0 Å². The van der Waals surface area contributed by atoms with Gasteiger partial charge < -0.3 is 4.90 Å². The zero-order chi connectivity index (χ0) is 12.0. The van der Waals surface area contributed by atoms with Gasteiger partial charge in [-0.1, -0.05) is 18.2 Å². The van der Waals surface area contributed by atoms with Crippen LogP contribution in [0.3, 0.4) is 0 Å². The molecule has 0 aromatic heterocycles. The molecule has 1 aromatic carbocycles. The first kappa shape index (κ1) is 13.3. The zero-order valence-corrected chi connectivity index (χ0v) is 10.8. The number of rotatable bonds is 5. The number of carbonyl (C=O) groups is 1. The molecule has 0 spiro atoms. The lowest BCUT2D eigenvalue weighted by molar-refractivity contribution is 0.0774. The summed E-state index contributed by atoms with van der Waals surface area (Å²) in [6.07, 6.45) is 0. The lowest BCUT2D eigenvalue weighted by Gasteiger charge is -2.21. The third kappa shape index (κ3) is 3.39. The molecular weight excluding hydrogens is 245 g/mol. The molecule has 0 unspecified atom stereocenters. The minimum absolute atomic E-state index is 0.000556. The van der Waals surface area contributed by atoms with Gasteiger partial charge in [-0.15, -0.1) is 23.2 Å². The van der Waals surface area contributed by atoms with E-state index in [2.05, 4.69) is 0 Å². The summed E-state index contributed by atoms with van der Waals surface area (Å²) in [6.45, 7) is 2.98. The van der Waals surface area contributed by atoms with Crippen LogP contribution in [0.4, 0.5) is 0 Å². The number of benzene rings is 1. The number of hydrogen-bond acceptors (Lipinski definition) is 1. The average Bonchev–Trinajstić information content (AvgIpc) is 2.28. The van der Waals surface area contributed by atoms with Crippen LogP contribution in [0.5, 0.6) is 0 Å². The van der Waals surface area contributed by atoms with Gasteiger partial charge in [-0.3, -0.25) is 4.79 Å². The number of hydrogen-bond donors (Lipinski definition) is 0. The molecule has 1 aromatic rings. The van der Waals surface area contributed by atoms with Gasteiger partial charge in [0.25, 0.3) is 5.91 Å². The van der Waals surface area contributed by atoms with Crippen molar-refractivity contribution >= 4 is 29.1 Å². The minimum Gasteiger partial charge on any atom is -0.336 e. The Labute approximate surface area is 106 Å². The summed E-state index contributed by atoms with van der Waals surface area (Å²) in [6, 6.07) is 7.53. The predicted molar refractivity (Wildman–Crippen MR) is 68.5 cm³/mol. The van der Waals surface area contributed by atoms with Crippen LogP contribution in [0.1, 0.15) is 15.9 Å². The van der Waals surface area contributed by atoms with Crippen molar-refractivity contribution in [3.8, 4) is 0 Å². The monoisotopic (exact) mass is 259 g/mol. The van der Waals surface area contributed by atoms with Crippen molar-refractivity contribution in [1.82, 2.24) is 4.90 Å². The Balaban J connectivity index is 2.85.